The Hall–Kier alpha value is -1.55. The van der Waals surface area contributed by atoms with E-state index >= 15 is 0 Å². The normalized spacial score (nSPS) is 12.1. The first-order chi connectivity index (χ1) is 8.11. The van der Waals surface area contributed by atoms with Crippen LogP contribution in [0.1, 0.15) is 18.9 Å². The largest absolute Gasteiger partial charge is 0.497 e. The summed E-state index contributed by atoms with van der Waals surface area (Å²) in [6.45, 7) is 2.81. The predicted molar refractivity (Wildman–Crippen MR) is 64.1 cm³/mol. The molecule has 0 aliphatic rings. The zero-order chi connectivity index (χ0) is 12.7. The lowest BCUT2D eigenvalue weighted by molar-refractivity contribution is -0.138. The monoisotopic (exact) mass is 238 g/mol. The first kappa shape index (κ1) is 13.5. The van der Waals surface area contributed by atoms with Gasteiger partial charge in [-0.15, -0.1) is 0 Å². The van der Waals surface area contributed by atoms with Gasteiger partial charge in [-0.2, -0.15) is 0 Å². The van der Waals surface area contributed by atoms with Gasteiger partial charge in [0.05, 0.1) is 26.7 Å². The smallest absolute Gasteiger partial charge is 0.303 e. The number of ether oxygens (including phenoxy) is 2. The van der Waals surface area contributed by atoms with Crippen molar-refractivity contribution in [2.75, 3.05) is 13.7 Å². The Labute approximate surface area is 101 Å². The van der Waals surface area contributed by atoms with Crippen LogP contribution in [0.5, 0.6) is 5.75 Å². The van der Waals surface area contributed by atoms with Gasteiger partial charge in [-0.05, 0) is 23.6 Å². The summed E-state index contributed by atoms with van der Waals surface area (Å²) in [5.74, 6) is 0.0595. The molecular weight excluding hydrogens is 220 g/mol. The summed E-state index contributed by atoms with van der Waals surface area (Å²) in [4.78, 5) is 10.4. The molecule has 0 saturated carbocycles. The van der Waals surface area contributed by atoms with E-state index in [0.29, 0.717) is 13.2 Å². The van der Waals surface area contributed by atoms with Gasteiger partial charge in [0.2, 0.25) is 0 Å². The van der Waals surface area contributed by atoms with E-state index < -0.39 is 5.97 Å². The van der Waals surface area contributed by atoms with Crippen LogP contribution in [0.25, 0.3) is 0 Å². The van der Waals surface area contributed by atoms with Crippen LogP contribution in [-0.4, -0.2) is 24.8 Å². The van der Waals surface area contributed by atoms with E-state index in [4.69, 9.17) is 14.6 Å². The molecule has 0 aliphatic carbocycles. The summed E-state index contributed by atoms with van der Waals surface area (Å²) < 4.78 is 10.5. The highest BCUT2D eigenvalue weighted by Crippen LogP contribution is 2.12. The minimum atomic E-state index is -0.787. The van der Waals surface area contributed by atoms with E-state index in [2.05, 4.69) is 0 Å². The van der Waals surface area contributed by atoms with Gasteiger partial charge in [0, 0.05) is 0 Å². The van der Waals surface area contributed by atoms with Crippen LogP contribution in [-0.2, 0) is 16.1 Å². The van der Waals surface area contributed by atoms with E-state index in [0.717, 1.165) is 11.3 Å². The summed E-state index contributed by atoms with van der Waals surface area (Å²) in [6.07, 6.45) is 0.141. The van der Waals surface area contributed by atoms with Gasteiger partial charge < -0.3 is 14.6 Å². The van der Waals surface area contributed by atoms with Crippen molar-refractivity contribution < 1.29 is 19.4 Å². The van der Waals surface area contributed by atoms with Crippen molar-refractivity contribution in [2.24, 2.45) is 5.92 Å². The first-order valence-electron chi connectivity index (χ1n) is 5.54. The SMILES string of the molecule is COc1ccc(COC[C@@H](C)CC(=O)O)cc1. The molecule has 1 N–H and O–H groups in total. The van der Waals surface area contributed by atoms with Crippen molar-refractivity contribution >= 4 is 5.97 Å². The molecule has 0 bridgehead atoms. The van der Waals surface area contributed by atoms with Crippen LogP contribution in [0.3, 0.4) is 0 Å². The predicted octanol–water partition coefficient (Wildman–Crippen LogP) is 2.32. The molecular formula is C13H18O4. The minimum absolute atomic E-state index is 0.0331. The topological polar surface area (TPSA) is 55.8 Å². The fraction of sp³-hybridized carbons (Fsp3) is 0.462. The number of carboxylic acid groups (broad SMARTS) is 1. The highest BCUT2D eigenvalue weighted by atomic mass is 16.5. The van der Waals surface area contributed by atoms with Gasteiger partial charge in [0.15, 0.2) is 0 Å². The number of aliphatic carboxylic acids is 1. The van der Waals surface area contributed by atoms with Crippen LogP contribution < -0.4 is 4.74 Å². The summed E-state index contributed by atoms with van der Waals surface area (Å²) >= 11 is 0. The Balaban J connectivity index is 2.28. The Morgan fingerprint density at radius 1 is 1.35 bits per heavy atom. The zero-order valence-corrected chi connectivity index (χ0v) is 10.2. The third kappa shape index (κ3) is 5.36. The van der Waals surface area contributed by atoms with Gasteiger partial charge in [-0.1, -0.05) is 19.1 Å². The number of methoxy groups -OCH3 is 1. The maximum atomic E-state index is 10.4. The molecule has 4 heteroatoms. The van der Waals surface area contributed by atoms with Crippen molar-refractivity contribution in [2.45, 2.75) is 20.0 Å². The second-order valence-corrected chi connectivity index (χ2v) is 4.07. The highest BCUT2D eigenvalue weighted by molar-refractivity contribution is 5.66. The zero-order valence-electron chi connectivity index (χ0n) is 10.2. The summed E-state index contributed by atoms with van der Waals surface area (Å²) in [6, 6.07) is 7.61. The molecule has 0 fully saturated rings. The average molecular weight is 238 g/mol. The molecule has 0 spiro atoms. The number of carboxylic acids is 1. The van der Waals surface area contributed by atoms with E-state index in [-0.39, 0.29) is 12.3 Å². The van der Waals surface area contributed by atoms with Crippen LogP contribution in [0, 0.1) is 5.92 Å². The molecule has 0 heterocycles. The Kier molecular flexibility index (Phi) is 5.49. The van der Waals surface area contributed by atoms with Crippen LogP contribution in [0.2, 0.25) is 0 Å². The van der Waals surface area contributed by atoms with Gasteiger partial charge in [-0.3, -0.25) is 4.79 Å². The van der Waals surface area contributed by atoms with Crippen LogP contribution >= 0.6 is 0 Å². The molecule has 1 rings (SSSR count). The lowest BCUT2D eigenvalue weighted by Crippen LogP contribution is -2.10. The fourth-order valence-electron chi connectivity index (χ4n) is 1.46. The standard InChI is InChI=1S/C13H18O4/c1-10(7-13(14)15)8-17-9-11-3-5-12(16-2)6-4-11/h3-6,10H,7-9H2,1-2H3,(H,14,15)/t10-/m0/s1. The lowest BCUT2D eigenvalue weighted by Gasteiger charge is -2.09. The molecule has 0 unspecified atom stereocenters. The van der Waals surface area contributed by atoms with E-state index in [1.54, 1.807) is 7.11 Å². The Morgan fingerprint density at radius 2 is 2.00 bits per heavy atom. The second-order valence-electron chi connectivity index (χ2n) is 4.07. The van der Waals surface area contributed by atoms with Crippen LogP contribution in [0.15, 0.2) is 24.3 Å². The molecule has 0 saturated heterocycles. The maximum Gasteiger partial charge on any atom is 0.303 e. The number of rotatable bonds is 7. The molecule has 4 nitrogen and oxygen atoms in total. The molecule has 1 aromatic rings. The molecule has 1 aromatic carbocycles. The number of hydrogen-bond acceptors (Lipinski definition) is 3. The van der Waals surface area contributed by atoms with Gasteiger partial charge >= 0.3 is 5.97 Å². The average Bonchev–Trinajstić information content (AvgIpc) is 2.29. The second kappa shape index (κ2) is 6.91. The quantitative estimate of drug-likeness (QED) is 0.792. The van der Waals surface area contributed by atoms with Crippen molar-refractivity contribution in [3.8, 4) is 5.75 Å². The van der Waals surface area contributed by atoms with Gasteiger partial charge in [0.1, 0.15) is 5.75 Å². The molecule has 0 radical (unpaired) electrons. The molecule has 1 atom stereocenters. The molecule has 17 heavy (non-hydrogen) atoms. The van der Waals surface area contributed by atoms with Crippen molar-refractivity contribution in [3.63, 3.8) is 0 Å². The fourth-order valence-corrected chi connectivity index (χ4v) is 1.46. The van der Waals surface area contributed by atoms with Gasteiger partial charge in [-0.25, -0.2) is 0 Å². The first-order valence-corrected chi connectivity index (χ1v) is 5.54. The van der Waals surface area contributed by atoms with Crippen molar-refractivity contribution in [3.05, 3.63) is 29.8 Å². The number of carbonyl (C=O) groups is 1. The molecule has 0 amide bonds. The van der Waals surface area contributed by atoms with Crippen molar-refractivity contribution in [1.82, 2.24) is 0 Å². The summed E-state index contributed by atoms with van der Waals surface area (Å²) in [5.41, 5.74) is 1.05. The molecule has 0 aliphatic heterocycles. The van der Waals surface area contributed by atoms with E-state index in [1.807, 2.05) is 31.2 Å². The Bertz CT molecular complexity index is 345. The third-order valence-electron chi connectivity index (χ3n) is 2.35. The van der Waals surface area contributed by atoms with Gasteiger partial charge in [0.25, 0.3) is 0 Å². The highest BCUT2D eigenvalue weighted by Gasteiger charge is 2.07. The van der Waals surface area contributed by atoms with Crippen LogP contribution in [0.4, 0.5) is 0 Å². The lowest BCUT2D eigenvalue weighted by atomic mass is 10.1. The summed E-state index contributed by atoms with van der Waals surface area (Å²) in [5, 5.41) is 8.59. The molecule has 0 aromatic heterocycles. The number of benzene rings is 1. The minimum Gasteiger partial charge on any atom is -0.497 e. The Morgan fingerprint density at radius 3 is 2.53 bits per heavy atom. The van der Waals surface area contributed by atoms with E-state index in [9.17, 15) is 4.79 Å². The third-order valence-corrected chi connectivity index (χ3v) is 2.35. The maximum absolute atomic E-state index is 10.4. The molecule has 94 valence electrons. The van der Waals surface area contributed by atoms with E-state index in [1.165, 1.54) is 0 Å². The summed E-state index contributed by atoms with van der Waals surface area (Å²) in [7, 11) is 1.62. The van der Waals surface area contributed by atoms with Crippen molar-refractivity contribution in [1.29, 1.82) is 0 Å². The number of hydrogen-bond donors (Lipinski definition) is 1.